The molecule has 0 bridgehead atoms. The number of carbonyl (C=O) groups is 2. The van der Waals surface area contributed by atoms with Gasteiger partial charge in [-0.1, -0.05) is 13.8 Å². The number of aliphatic hydroxyl groups excluding tert-OH is 1. The summed E-state index contributed by atoms with van der Waals surface area (Å²) in [5, 5.41) is 12.6. The number of amides is 2. The number of aliphatic hydroxyl groups is 1. The highest BCUT2D eigenvalue weighted by Gasteiger charge is 2.63. The third kappa shape index (κ3) is 2.61. The molecule has 0 spiro atoms. The number of nitrogens with one attached hydrogen (secondary N) is 1. The lowest BCUT2D eigenvalue weighted by atomic mass is 9.48. The normalized spacial score (nSPS) is 27.4. The first-order valence-corrected chi connectivity index (χ1v) is 8.47. The third-order valence-electron chi connectivity index (χ3n) is 5.78. The maximum Gasteiger partial charge on any atom is 0.254 e. The van der Waals surface area contributed by atoms with Crippen molar-refractivity contribution in [1.82, 2.24) is 4.90 Å². The molecule has 2 N–H and O–H groups in total. The Hall–Kier alpha value is -1.88. The summed E-state index contributed by atoms with van der Waals surface area (Å²) in [6.07, 6.45) is 0.964. The number of likely N-dealkylation sites (tertiary alicyclic amines) is 1. The topological polar surface area (TPSA) is 69.6 Å². The lowest BCUT2D eigenvalue weighted by Gasteiger charge is -2.55. The zero-order valence-corrected chi connectivity index (χ0v) is 14.8. The molecule has 1 saturated carbocycles. The molecule has 1 heterocycles. The van der Waals surface area contributed by atoms with Crippen LogP contribution in [0, 0.1) is 23.7 Å². The lowest BCUT2D eigenvalue weighted by Crippen LogP contribution is -2.54. The molecule has 2 fully saturated rings. The van der Waals surface area contributed by atoms with E-state index in [4.69, 9.17) is 0 Å². The standard InChI is InChI=1S/C19H26N2O3/c1-12-7-14(20-13(2)23)5-6-15(12)17(24)21-8-16-18(3,4)9-19(16,10-21)11-22/h5-7,16,22H,8-11H2,1-4H3,(H,20,23)/t16-,19-/m1/s1. The van der Waals surface area contributed by atoms with Crippen LogP contribution < -0.4 is 5.32 Å². The Kier molecular flexibility index (Phi) is 3.95. The molecule has 1 aromatic carbocycles. The molecule has 2 amide bonds. The van der Waals surface area contributed by atoms with Gasteiger partial charge in [0, 0.05) is 36.7 Å². The molecular formula is C19H26N2O3. The summed E-state index contributed by atoms with van der Waals surface area (Å²) in [7, 11) is 0. The van der Waals surface area contributed by atoms with E-state index < -0.39 is 0 Å². The number of nitrogens with zero attached hydrogens (tertiary/aromatic N) is 1. The highest BCUT2D eigenvalue weighted by atomic mass is 16.3. The van der Waals surface area contributed by atoms with Gasteiger partial charge in [-0.3, -0.25) is 9.59 Å². The first kappa shape index (κ1) is 17.0. The van der Waals surface area contributed by atoms with Crippen LogP contribution in [0.1, 0.15) is 43.1 Å². The molecule has 5 nitrogen and oxygen atoms in total. The van der Waals surface area contributed by atoms with Gasteiger partial charge in [-0.05, 0) is 48.4 Å². The average molecular weight is 330 g/mol. The Bertz CT molecular complexity index is 698. The zero-order chi connectivity index (χ0) is 17.7. The quantitative estimate of drug-likeness (QED) is 0.894. The van der Waals surface area contributed by atoms with Crippen molar-refractivity contribution in [2.45, 2.75) is 34.1 Å². The van der Waals surface area contributed by atoms with Crippen LogP contribution in [-0.4, -0.2) is 41.5 Å². The zero-order valence-electron chi connectivity index (χ0n) is 14.8. The summed E-state index contributed by atoms with van der Waals surface area (Å²) in [4.78, 5) is 26.0. The van der Waals surface area contributed by atoms with E-state index in [9.17, 15) is 14.7 Å². The summed E-state index contributed by atoms with van der Waals surface area (Å²) in [5.74, 6) is 0.245. The van der Waals surface area contributed by atoms with Gasteiger partial charge >= 0.3 is 0 Å². The number of fused-ring (bicyclic) bond motifs is 1. The SMILES string of the molecule is CC(=O)Nc1ccc(C(=O)N2C[C@@H]3C(C)(C)C[C@]3(CO)C2)c(C)c1. The van der Waals surface area contributed by atoms with E-state index in [2.05, 4.69) is 19.2 Å². The molecule has 3 rings (SSSR count). The van der Waals surface area contributed by atoms with E-state index in [-0.39, 0.29) is 29.3 Å². The van der Waals surface area contributed by atoms with Gasteiger partial charge in [-0.25, -0.2) is 0 Å². The van der Waals surface area contributed by atoms with E-state index in [0.717, 1.165) is 12.0 Å². The number of carbonyl (C=O) groups excluding carboxylic acids is 2. The summed E-state index contributed by atoms with van der Waals surface area (Å²) in [6.45, 7) is 9.26. The molecule has 0 aromatic heterocycles. The summed E-state index contributed by atoms with van der Waals surface area (Å²) in [6, 6.07) is 5.36. The van der Waals surface area contributed by atoms with Gasteiger partial charge in [0.2, 0.25) is 5.91 Å². The number of hydrogen-bond acceptors (Lipinski definition) is 3. The summed E-state index contributed by atoms with van der Waals surface area (Å²) >= 11 is 0. The molecular weight excluding hydrogens is 304 g/mol. The number of hydrogen-bond donors (Lipinski definition) is 2. The van der Waals surface area contributed by atoms with Crippen LogP contribution in [0.4, 0.5) is 5.69 Å². The van der Waals surface area contributed by atoms with Crippen molar-refractivity contribution < 1.29 is 14.7 Å². The van der Waals surface area contributed by atoms with Gasteiger partial charge < -0.3 is 15.3 Å². The highest BCUT2D eigenvalue weighted by molar-refractivity contribution is 5.97. The maximum absolute atomic E-state index is 12.9. The molecule has 5 heteroatoms. The van der Waals surface area contributed by atoms with Crippen molar-refractivity contribution in [3.05, 3.63) is 29.3 Å². The molecule has 1 aromatic rings. The minimum Gasteiger partial charge on any atom is -0.396 e. The van der Waals surface area contributed by atoms with Crippen molar-refractivity contribution in [2.24, 2.45) is 16.7 Å². The van der Waals surface area contributed by atoms with Gasteiger partial charge in [0.05, 0.1) is 6.61 Å². The summed E-state index contributed by atoms with van der Waals surface area (Å²) in [5.41, 5.74) is 2.27. The molecule has 1 saturated heterocycles. The maximum atomic E-state index is 12.9. The van der Waals surface area contributed by atoms with E-state index in [1.165, 1.54) is 6.92 Å². The molecule has 1 aliphatic carbocycles. The fraction of sp³-hybridized carbons (Fsp3) is 0.579. The van der Waals surface area contributed by atoms with E-state index in [0.29, 0.717) is 30.3 Å². The molecule has 24 heavy (non-hydrogen) atoms. The van der Waals surface area contributed by atoms with E-state index in [1.54, 1.807) is 12.1 Å². The van der Waals surface area contributed by atoms with Crippen LogP contribution in [0.3, 0.4) is 0 Å². The molecule has 0 radical (unpaired) electrons. The molecule has 2 atom stereocenters. The number of anilines is 1. The Morgan fingerprint density at radius 3 is 2.58 bits per heavy atom. The van der Waals surface area contributed by atoms with Crippen molar-refractivity contribution in [3.63, 3.8) is 0 Å². The predicted octanol–water partition coefficient (Wildman–Crippen LogP) is 2.43. The van der Waals surface area contributed by atoms with Crippen LogP contribution in [-0.2, 0) is 4.79 Å². The van der Waals surface area contributed by atoms with Gasteiger partial charge in [0.1, 0.15) is 0 Å². The van der Waals surface area contributed by atoms with Crippen molar-refractivity contribution in [2.75, 3.05) is 25.0 Å². The molecule has 130 valence electrons. The monoisotopic (exact) mass is 330 g/mol. The van der Waals surface area contributed by atoms with Crippen LogP contribution in [0.2, 0.25) is 0 Å². The van der Waals surface area contributed by atoms with Gasteiger partial charge in [0.25, 0.3) is 5.91 Å². The number of benzene rings is 1. The summed E-state index contributed by atoms with van der Waals surface area (Å²) < 4.78 is 0. The Balaban J connectivity index is 1.79. The van der Waals surface area contributed by atoms with Crippen LogP contribution in [0.5, 0.6) is 0 Å². The van der Waals surface area contributed by atoms with Crippen molar-refractivity contribution in [3.8, 4) is 0 Å². The first-order valence-electron chi connectivity index (χ1n) is 8.47. The third-order valence-corrected chi connectivity index (χ3v) is 5.78. The minimum atomic E-state index is -0.128. The van der Waals surface area contributed by atoms with E-state index >= 15 is 0 Å². The van der Waals surface area contributed by atoms with Gasteiger partial charge in [-0.2, -0.15) is 0 Å². The van der Waals surface area contributed by atoms with Crippen LogP contribution in [0.25, 0.3) is 0 Å². The van der Waals surface area contributed by atoms with Crippen LogP contribution in [0.15, 0.2) is 18.2 Å². The largest absolute Gasteiger partial charge is 0.396 e. The second-order valence-electron chi connectivity index (χ2n) is 8.13. The van der Waals surface area contributed by atoms with Gasteiger partial charge in [0.15, 0.2) is 0 Å². The number of aryl methyl sites for hydroxylation is 1. The minimum absolute atomic E-state index is 0.0138. The molecule has 1 aliphatic heterocycles. The second kappa shape index (κ2) is 5.59. The fourth-order valence-corrected chi connectivity index (χ4v) is 4.85. The average Bonchev–Trinajstić information content (AvgIpc) is 2.81. The number of rotatable bonds is 3. The lowest BCUT2D eigenvalue weighted by molar-refractivity contribution is -0.114. The van der Waals surface area contributed by atoms with Crippen molar-refractivity contribution in [1.29, 1.82) is 0 Å². The van der Waals surface area contributed by atoms with Crippen LogP contribution >= 0.6 is 0 Å². The molecule has 0 unspecified atom stereocenters. The second-order valence-corrected chi connectivity index (χ2v) is 8.13. The Morgan fingerprint density at radius 1 is 1.38 bits per heavy atom. The van der Waals surface area contributed by atoms with Gasteiger partial charge in [-0.15, -0.1) is 0 Å². The van der Waals surface area contributed by atoms with E-state index in [1.807, 2.05) is 17.9 Å². The smallest absolute Gasteiger partial charge is 0.254 e. The van der Waals surface area contributed by atoms with Crippen molar-refractivity contribution >= 4 is 17.5 Å². The fourth-order valence-electron chi connectivity index (χ4n) is 4.85. The predicted molar refractivity (Wildman–Crippen MR) is 92.8 cm³/mol. The Labute approximate surface area is 143 Å². The highest BCUT2D eigenvalue weighted by Crippen LogP contribution is 2.62. The molecule has 2 aliphatic rings. The Morgan fingerprint density at radius 2 is 2.08 bits per heavy atom. The first-order chi connectivity index (χ1) is 11.2.